The van der Waals surface area contributed by atoms with Gasteiger partial charge in [-0.15, -0.1) is 0 Å². The number of hydrogen-bond acceptors (Lipinski definition) is 4. The Balaban J connectivity index is 2.79. The van der Waals surface area contributed by atoms with Crippen LogP contribution in [0.25, 0.3) is 0 Å². The minimum absolute atomic E-state index is 0.242. The van der Waals surface area contributed by atoms with Crippen LogP contribution in [-0.4, -0.2) is 64.3 Å². The maximum atomic E-state index is 12.3. The van der Waals surface area contributed by atoms with Gasteiger partial charge in [0, 0.05) is 6.54 Å². The standard InChI is InChI=1S/C13H21F3N2O5/c1-6(13(14,15)16)23-10(20)17-7-5-18(11(21)22)9(8(7)19)12(2,3)4/h6-9,19H,5H2,1-4H3,(H,17,20)(H,21,22)/t6-,7+,8+,9?/m0/s1. The molecule has 0 aliphatic carbocycles. The molecule has 1 aliphatic heterocycles. The lowest BCUT2D eigenvalue weighted by Crippen LogP contribution is -2.49. The number of alkyl carbamates (subject to hydrolysis) is 1. The summed E-state index contributed by atoms with van der Waals surface area (Å²) in [6, 6.07) is -1.87. The summed E-state index contributed by atoms with van der Waals surface area (Å²) in [5, 5.41) is 21.5. The molecule has 1 rings (SSSR count). The molecule has 134 valence electrons. The summed E-state index contributed by atoms with van der Waals surface area (Å²) in [5.74, 6) is 0. The molecule has 2 amide bonds. The topological polar surface area (TPSA) is 99.1 Å². The Bertz CT molecular complexity index is 464. The molecule has 0 saturated carbocycles. The summed E-state index contributed by atoms with van der Waals surface area (Å²) in [5.41, 5.74) is -0.628. The largest absolute Gasteiger partial charge is 0.465 e. The monoisotopic (exact) mass is 342 g/mol. The molecule has 1 aliphatic rings. The van der Waals surface area contributed by atoms with Crippen LogP contribution in [0.15, 0.2) is 0 Å². The van der Waals surface area contributed by atoms with E-state index in [-0.39, 0.29) is 6.54 Å². The van der Waals surface area contributed by atoms with Crippen LogP contribution in [0.2, 0.25) is 0 Å². The smallest absolute Gasteiger partial charge is 0.425 e. The van der Waals surface area contributed by atoms with Crippen molar-refractivity contribution in [3.63, 3.8) is 0 Å². The third-order valence-corrected chi connectivity index (χ3v) is 3.65. The van der Waals surface area contributed by atoms with Crippen LogP contribution >= 0.6 is 0 Å². The summed E-state index contributed by atoms with van der Waals surface area (Å²) < 4.78 is 41.2. The average Bonchev–Trinajstić information content (AvgIpc) is 2.65. The lowest BCUT2D eigenvalue weighted by molar-refractivity contribution is -0.197. The summed E-state index contributed by atoms with van der Waals surface area (Å²) in [4.78, 5) is 23.8. The number of alkyl halides is 3. The Morgan fingerprint density at radius 2 is 1.83 bits per heavy atom. The molecule has 10 heteroatoms. The third-order valence-electron chi connectivity index (χ3n) is 3.65. The van der Waals surface area contributed by atoms with Gasteiger partial charge in [-0.2, -0.15) is 13.2 Å². The molecule has 0 aromatic rings. The van der Waals surface area contributed by atoms with Crippen LogP contribution in [0.3, 0.4) is 0 Å². The maximum Gasteiger partial charge on any atom is 0.425 e. The summed E-state index contributed by atoms with van der Waals surface area (Å²) in [6.07, 6.45) is -10.9. The van der Waals surface area contributed by atoms with Crippen molar-refractivity contribution in [1.82, 2.24) is 10.2 Å². The highest BCUT2D eigenvalue weighted by Gasteiger charge is 2.49. The van der Waals surface area contributed by atoms with E-state index < -0.39 is 48.1 Å². The molecule has 4 atom stereocenters. The van der Waals surface area contributed by atoms with Crippen molar-refractivity contribution < 1.29 is 37.7 Å². The number of halogens is 3. The molecule has 0 aromatic carbocycles. The average molecular weight is 342 g/mol. The highest BCUT2D eigenvalue weighted by molar-refractivity contribution is 5.69. The summed E-state index contributed by atoms with van der Waals surface area (Å²) in [6.45, 7) is 5.57. The molecule has 1 unspecified atom stereocenters. The van der Waals surface area contributed by atoms with E-state index >= 15 is 0 Å². The number of aliphatic hydroxyl groups excluding tert-OH is 1. The number of likely N-dealkylation sites (tertiary alicyclic amines) is 1. The van der Waals surface area contributed by atoms with E-state index in [0.717, 1.165) is 4.90 Å². The lowest BCUT2D eigenvalue weighted by atomic mass is 9.83. The molecular formula is C13H21F3N2O5. The maximum absolute atomic E-state index is 12.3. The van der Waals surface area contributed by atoms with E-state index in [0.29, 0.717) is 6.92 Å². The predicted octanol–water partition coefficient (Wildman–Crippen LogP) is 1.80. The fourth-order valence-corrected chi connectivity index (χ4v) is 2.56. The minimum atomic E-state index is -4.70. The Morgan fingerprint density at radius 3 is 2.17 bits per heavy atom. The van der Waals surface area contributed by atoms with E-state index in [9.17, 15) is 33.0 Å². The molecular weight excluding hydrogens is 321 g/mol. The van der Waals surface area contributed by atoms with Gasteiger partial charge in [-0.1, -0.05) is 20.8 Å². The molecule has 0 bridgehead atoms. The Hall–Kier alpha value is -1.71. The number of ether oxygens (including phenoxy) is 1. The molecule has 7 nitrogen and oxygen atoms in total. The molecule has 0 spiro atoms. The molecule has 1 fully saturated rings. The van der Waals surface area contributed by atoms with Gasteiger partial charge in [0.25, 0.3) is 0 Å². The molecule has 0 aromatic heterocycles. The van der Waals surface area contributed by atoms with E-state index in [2.05, 4.69) is 10.1 Å². The Morgan fingerprint density at radius 1 is 1.30 bits per heavy atom. The van der Waals surface area contributed by atoms with Crippen LogP contribution < -0.4 is 5.32 Å². The van der Waals surface area contributed by atoms with Crippen LogP contribution in [0.5, 0.6) is 0 Å². The fourth-order valence-electron chi connectivity index (χ4n) is 2.56. The number of aliphatic hydroxyl groups is 1. The minimum Gasteiger partial charge on any atom is -0.465 e. The molecule has 23 heavy (non-hydrogen) atoms. The van der Waals surface area contributed by atoms with Crippen molar-refractivity contribution in [2.75, 3.05) is 6.54 Å². The number of nitrogens with zero attached hydrogens (tertiary/aromatic N) is 1. The van der Waals surface area contributed by atoms with E-state index in [4.69, 9.17) is 0 Å². The van der Waals surface area contributed by atoms with Crippen LogP contribution in [0.4, 0.5) is 22.8 Å². The van der Waals surface area contributed by atoms with Gasteiger partial charge in [0.2, 0.25) is 0 Å². The van der Waals surface area contributed by atoms with Gasteiger partial charge in [-0.05, 0) is 12.3 Å². The van der Waals surface area contributed by atoms with Crippen molar-refractivity contribution >= 4 is 12.2 Å². The lowest BCUT2D eigenvalue weighted by Gasteiger charge is -2.35. The molecule has 3 N–H and O–H groups in total. The number of carboxylic acid groups (broad SMARTS) is 1. The number of rotatable bonds is 2. The van der Waals surface area contributed by atoms with Gasteiger partial charge in [0.1, 0.15) is 0 Å². The summed E-state index contributed by atoms with van der Waals surface area (Å²) >= 11 is 0. The first-order chi connectivity index (χ1) is 10.2. The van der Waals surface area contributed by atoms with Crippen LogP contribution in [0.1, 0.15) is 27.7 Å². The second kappa shape index (κ2) is 6.42. The first-order valence-corrected chi connectivity index (χ1v) is 6.96. The van der Waals surface area contributed by atoms with Crippen molar-refractivity contribution in [3.05, 3.63) is 0 Å². The molecule has 1 saturated heterocycles. The van der Waals surface area contributed by atoms with E-state index in [1.807, 2.05) is 0 Å². The zero-order chi connectivity index (χ0) is 18.2. The van der Waals surface area contributed by atoms with Gasteiger partial charge < -0.3 is 25.2 Å². The molecule has 0 radical (unpaired) electrons. The van der Waals surface area contributed by atoms with Crippen molar-refractivity contribution in [1.29, 1.82) is 0 Å². The van der Waals surface area contributed by atoms with Gasteiger partial charge in [0.05, 0.1) is 18.2 Å². The highest BCUT2D eigenvalue weighted by atomic mass is 19.4. The normalized spacial score (nSPS) is 26.8. The number of hydrogen-bond donors (Lipinski definition) is 3. The molecule has 1 heterocycles. The Kier molecular flexibility index (Phi) is 5.40. The van der Waals surface area contributed by atoms with Crippen LogP contribution in [-0.2, 0) is 4.74 Å². The first-order valence-electron chi connectivity index (χ1n) is 6.96. The van der Waals surface area contributed by atoms with Crippen LogP contribution in [0, 0.1) is 5.41 Å². The Labute approximate surface area is 131 Å². The third kappa shape index (κ3) is 4.63. The second-order valence-corrected chi connectivity index (χ2v) is 6.58. The number of carbonyl (C=O) groups is 2. The zero-order valence-electron chi connectivity index (χ0n) is 13.2. The quantitative estimate of drug-likeness (QED) is 0.711. The van der Waals surface area contributed by atoms with Crippen molar-refractivity contribution in [3.8, 4) is 0 Å². The van der Waals surface area contributed by atoms with Crippen molar-refractivity contribution in [2.24, 2.45) is 5.41 Å². The predicted molar refractivity (Wildman–Crippen MR) is 72.9 cm³/mol. The zero-order valence-corrected chi connectivity index (χ0v) is 13.2. The van der Waals surface area contributed by atoms with Crippen molar-refractivity contribution in [2.45, 2.75) is 58.2 Å². The first kappa shape index (κ1) is 19.3. The number of carbonyl (C=O) groups excluding carboxylic acids is 1. The van der Waals surface area contributed by atoms with E-state index in [1.54, 1.807) is 20.8 Å². The van der Waals surface area contributed by atoms with Gasteiger partial charge in [-0.3, -0.25) is 0 Å². The summed E-state index contributed by atoms with van der Waals surface area (Å²) in [7, 11) is 0. The van der Waals surface area contributed by atoms with Gasteiger partial charge in [-0.25, -0.2) is 9.59 Å². The van der Waals surface area contributed by atoms with E-state index in [1.165, 1.54) is 0 Å². The van der Waals surface area contributed by atoms with Gasteiger partial charge >= 0.3 is 18.4 Å². The SMILES string of the molecule is C[C@H](OC(=O)N[C@@H]1CN(C(=O)O)C(C(C)(C)C)[C@@H]1O)C(F)(F)F. The second-order valence-electron chi connectivity index (χ2n) is 6.58. The number of amides is 2. The van der Waals surface area contributed by atoms with Gasteiger partial charge in [0.15, 0.2) is 6.10 Å². The fraction of sp³-hybridized carbons (Fsp3) is 0.846. The highest BCUT2D eigenvalue weighted by Crippen LogP contribution is 2.33. The number of nitrogens with one attached hydrogen (secondary N) is 1.